The number of esters is 1. The van der Waals surface area contributed by atoms with E-state index in [2.05, 4.69) is 10.4 Å². The van der Waals surface area contributed by atoms with Gasteiger partial charge in [-0.15, -0.1) is 0 Å². The highest BCUT2D eigenvalue weighted by Gasteiger charge is 2.42. The van der Waals surface area contributed by atoms with Gasteiger partial charge in [0.1, 0.15) is 16.9 Å². The molecule has 1 aliphatic rings. The molecule has 1 N–H and O–H groups in total. The van der Waals surface area contributed by atoms with Crippen LogP contribution in [0.5, 0.6) is 5.75 Å². The molecule has 2 heterocycles. The van der Waals surface area contributed by atoms with E-state index in [1.54, 1.807) is 54.1 Å². The molecule has 1 aliphatic heterocycles. The largest absolute Gasteiger partial charge is 0.497 e. The third-order valence-electron chi connectivity index (χ3n) is 5.29. The number of nitrogens with zero attached hydrogens (tertiary/aromatic N) is 4. The summed E-state index contributed by atoms with van der Waals surface area (Å²) in [7, 11) is 1.55. The Morgan fingerprint density at radius 2 is 1.88 bits per heavy atom. The lowest BCUT2D eigenvalue weighted by Crippen LogP contribution is -2.55. The SMILES string of the molecule is CCOC(=O)c1nn(-c2ccccc2)cc1[C@@H]1NC(=O)[C@H](C#N)C(=S)N1c1ccc(OC)cc1. The van der Waals surface area contributed by atoms with Crippen LogP contribution in [0.3, 0.4) is 0 Å². The molecule has 0 aliphatic carbocycles. The molecule has 0 spiro atoms. The average Bonchev–Trinajstić information content (AvgIpc) is 3.30. The fourth-order valence-electron chi connectivity index (χ4n) is 3.67. The maximum absolute atomic E-state index is 12.8. The number of carbonyl (C=O) groups is 2. The number of carbonyl (C=O) groups excluding carboxylic acids is 2. The molecular weight excluding hydrogens is 454 g/mol. The second-order valence-electron chi connectivity index (χ2n) is 7.31. The van der Waals surface area contributed by atoms with Crippen molar-refractivity contribution in [2.24, 2.45) is 5.92 Å². The van der Waals surface area contributed by atoms with Crippen molar-refractivity contribution < 1.29 is 19.1 Å². The summed E-state index contributed by atoms with van der Waals surface area (Å²) in [5, 5.41) is 16.8. The van der Waals surface area contributed by atoms with Gasteiger partial charge in [0.2, 0.25) is 5.91 Å². The van der Waals surface area contributed by atoms with E-state index < -0.39 is 24.0 Å². The van der Waals surface area contributed by atoms with E-state index in [0.717, 1.165) is 5.69 Å². The molecule has 0 saturated carbocycles. The number of aromatic nitrogens is 2. The lowest BCUT2D eigenvalue weighted by molar-refractivity contribution is -0.123. The molecule has 34 heavy (non-hydrogen) atoms. The lowest BCUT2D eigenvalue weighted by atomic mass is 10.0. The molecule has 1 fully saturated rings. The highest BCUT2D eigenvalue weighted by atomic mass is 32.1. The van der Waals surface area contributed by atoms with Crippen LogP contribution in [0.2, 0.25) is 0 Å². The zero-order valence-corrected chi connectivity index (χ0v) is 19.3. The van der Waals surface area contributed by atoms with Crippen LogP contribution in [0.25, 0.3) is 5.69 Å². The summed E-state index contributed by atoms with van der Waals surface area (Å²) in [4.78, 5) is 27.4. The van der Waals surface area contributed by atoms with E-state index in [4.69, 9.17) is 21.7 Å². The van der Waals surface area contributed by atoms with Gasteiger partial charge in [-0.25, -0.2) is 9.48 Å². The van der Waals surface area contributed by atoms with Crippen LogP contribution < -0.4 is 15.0 Å². The van der Waals surface area contributed by atoms with E-state index in [-0.39, 0.29) is 17.3 Å². The molecule has 1 saturated heterocycles. The van der Waals surface area contributed by atoms with Crippen molar-refractivity contribution in [3.8, 4) is 17.5 Å². The van der Waals surface area contributed by atoms with Gasteiger partial charge in [-0.05, 0) is 43.3 Å². The van der Waals surface area contributed by atoms with E-state index >= 15 is 0 Å². The summed E-state index contributed by atoms with van der Waals surface area (Å²) in [5.74, 6) is -1.72. The van der Waals surface area contributed by atoms with Crippen LogP contribution in [-0.2, 0) is 9.53 Å². The quantitative estimate of drug-likeness (QED) is 0.428. The van der Waals surface area contributed by atoms with Gasteiger partial charge in [-0.2, -0.15) is 10.4 Å². The Labute approximate surface area is 201 Å². The first-order valence-corrected chi connectivity index (χ1v) is 10.9. The topological polar surface area (TPSA) is 109 Å². The van der Waals surface area contributed by atoms with Crippen LogP contribution in [-0.4, -0.2) is 40.4 Å². The molecule has 0 unspecified atom stereocenters. The predicted molar refractivity (Wildman–Crippen MR) is 128 cm³/mol. The first kappa shape index (κ1) is 22.9. The van der Waals surface area contributed by atoms with Gasteiger partial charge in [-0.3, -0.25) is 4.79 Å². The summed E-state index contributed by atoms with van der Waals surface area (Å²) >= 11 is 5.57. The number of nitriles is 1. The minimum atomic E-state index is -1.16. The van der Waals surface area contributed by atoms with E-state index in [9.17, 15) is 14.9 Å². The molecule has 2 atom stereocenters. The van der Waals surface area contributed by atoms with Gasteiger partial charge in [0, 0.05) is 17.4 Å². The molecule has 4 rings (SSSR count). The Hall–Kier alpha value is -4.23. The highest BCUT2D eigenvalue weighted by Crippen LogP contribution is 2.34. The number of rotatable bonds is 6. The smallest absolute Gasteiger partial charge is 0.359 e. The third kappa shape index (κ3) is 4.21. The van der Waals surface area contributed by atoms with Crippen LogP contribution in [0.1, 0.15) is 29.1 Å². The second-order valence-corrected chi connectivity index (χ2v) is 7.73. The Morgan fingerprint density at radius 1 is 1.18 bits per heavy atom. The third-order valence-corrected chi connectivity index (χ3v) is 5.72. The summed E-state index contributed by atoms with van der Waals surface area (Å²) in [6, 6.07) is 18.2. The second kappa shape index (κ2) is 9.72. The number of ether oxygens (including phenoxy) is 2. The Bertz CT molecular complexity index is 1270. The van der Waals surface area contributed by atoms with Crippen molar-refractivity contribution in [3.63, 3.8) is 0 Å². The zero-order valence-electron chi connectivity index (χ0n) is 18.5. The number of nitrogens with one attached hydrogen (secondary N) is 1. The van der Waals surface area contributed by atoms with Crippen LogP contribution >= 0.6 is 12.2 Å². The molecule has 2 aromatic carbocycles. The summed E-state index contributed by atoms with van der Waals surface area (Å²) in [5.41, 5.74) is 1.74. The lowest BCUT2D eigenvalue weighted by Gasteiger charge is -2.39. The van der Waals surface area contributed by atoms with Gasteiger partial charge >= 0.3 is 5.97 Å². The van der Waals surface area contributed by atoms with Crippen LogP contribution in [0.15, 0.2) is 60.8 Å². The number of methoxy groups -OCH3 is 1. The molecule has 172 valence electrons. The maximum Gasteiger partial charge on any atom is 0.359 e. The molecule has 1 amide bonds. The van der Waals surface area contributed by atoms with Crippen molar-refractivity contribution in [2.75, 3.05) is 18.6 Å². The van der Waals surface area contributed by atoms with E-state index in [1.807, 2.05) is 36.4 Å². The van der Waals surface area contributed by atoms with Gasteiger partial charge in [0.15, 0.2) is 11.6 Å². The molecule has 10 heteroatoms. The van der Waals surface area contributed by atoms with Crippen LogP contribution in [0, 0.1) is 17.2 Å². The monoisotopic (exact) mass is 475 g/mol. The van der Waals surface area contributed by atoms with E-state index in [1.165, 1.54) is 0 Å². The summed E-state index contributed by atoms with van der Waals surface area (Å²) in [6.45, 7) is 1.86. The minimum absolute atomic E-state index is 0.0349. The standard InChI is InChI=1S/C24H21N5O4S/c1-3-33-24(31)20-19(14-28(27-20)15-7-5-4-6-8-15)21-26-22(30)18(13-25)23(34)29(21)16-9-11-17(32-2)12-10-16/h4-12,14,18,21H,3H2,1-2H3,(H,26,30)/t18-,21+/m0/s1. The Morgan fingerprint density at radius 3 is 2.50 bits per heavy atom. The van der Waals surface area contributed by atoms with Gasteiger partial charge in [0.25, 0.3) is 0 Å². The average molecular weight is 476 g/mol. The van der Waals surface area contributed by atoms with Crippen molar-refractivity contribution in [1.29, 1.82) is 5.26 Å². The highest BCUT2D eigenvalue weighted by molar-refractivity contribution is 7.80. The van der Waals surface area contributed by atoms with Crippen molar-refractivity contribution in [1.82, 2.24) is 15.1 Å². The molecule has 0 radical (unpaired) electrons. The van der Waals surface area contributed by atoms with E-state index in [0.29, 0.717) is 17.0 Å². The summed E-state index contributed by atoms with van der Waals surface area (Å²) < 4.78 is 12.0. The fraction of sp³-hybridized carbons (Fsp3) is 0.208. The number of hydrogen-bond acceptors (Lipinski definition) is 7. The number of benzene rings is 2. The first-order valence-electron chi connectivity index (χ1n) is 10.5. The van der Waals surface area contributed by atoms with Crippen molar-refractivity contribution in [2.45, 2.75) is 13.1 Å². The first-order chi connectivity index (χ1) is 16.5. The number of para-hydroxylation sites is 1. The summed E-state index contributed by atoms with van der Waals surface area (Å²) in [6.07, 6.45) is 0.758. The molecular formula is C24H21N5O4S. The Kier molecular flexibility index (Phi) is 6.56. The Balaban J connectivity index is 1.87. The maximum atomic E-state index is 12.8. The van der Waals surface area contributed by atoms with Gasteiger partial charge in [0.05, 0.1) is 25.5 Å². The minimum Gasteiger partial charge on any atom is -0.497 e. The number of amides is 1. The van der Waals surface area contributed by atoms with Crippen LogP contribution in [0.4, 0.5) is 5.69 Å². The number of hydrogen-bond donors (Lipinski definition) is 1. The normalized spacial score (nSPS) is 17.6. The fourth-order valence-corrected chi connectivity index (χ4v) is 4.04. The molecule has 1 aromatic heterocycles. The molecule has 0 bridgehead atoms. The van der Waals surface area contributed by atoms with Gasteiger partial charge < -0.3 is 19.7 Å². The van der Waals surface area contributed by atoms with Crippen molar-refractivity contribution >= 4 is 34.8 Å². The predicted octanol–water partition coefficient (Wildman–Crippen LogP) is 3.16. The number of anilines is 1. The molecule has 9 nitrogen and oxygen atoms in total. The zero-order chi connectivity index (χ0) is 24.2. The number of thiocarbonyl (C=S) groups is 1. The van der Waals surface area contributed by atoms with Gasteiger partial charge in [-0.1, -0.05) is 30.4 Å². The molecule has 3 aromatic rings. The van der Waals surface area contributed by atoms with Crippen molar-refractivity contribution in [3.05, 3.63) is 72.1 Å².